The third-order valence-electron chi connectivity index (χ3n) is 5.98. The first-order chi connectivity index (χ1) is 16.6. The van der Waals surface area contributed by atoms with Crippen molar-refractivity contribution in [3.05, 3.63) is 58.0 Å². The van der Waals surface area contributed by atoms with Crippen LogP contribution < -0.4 is 29.6 Å². The number of hydrogen-bond acceptors (Lipinski definition) is 7. The number of ether oxygens (including phenoxy) is 4. The van der Waals surface area contributed by atoms with Crippen molar-refractivity contribution in [1.29, 1.82) is 0 Å². The van der Waals surface area contributed by atoms with E-state index < -0.39 is 0 Å². The Morgan fingerprint density at radius 2 is 1.59 bits per heavy atom. The van der Waals surface area contributed by atoms with Crippen molar-refractivity contribution < 1.29 is 23.7 Å². The molecule has 0 fully saturated rings. The van der Waals surface area contributed by atoms with Gasteiger partial charge in [0.25, 0.3) is 5.91 Å². The number of fused-ring (bicyclic) bond motifs is 1. The second kappa shape index (κ2) is 10.7. The van der Waals surface area contributed by atoms with Crippen LogP contribution in [-0.4, -0.2) is 34.3 Å². The summed E-state index contributed by atoms with van der Waals surface area (Å²) in [5, 5.41) is 7.41. The number of hydrogen-bond donors (Lipinski definition) is 2. The largest absolute Gasteiger partial charge is 0.497 e. The van der Waals surface area contributed by atoms with Crippen LogP contribution in [0.25, 0.3) is 0 Å². The molecule has 4 rings (SSSR count). The van der Waals surface area contributed by atoms with Crippen LogP contribution in [0.2, 0.25) is 0 Å². The molecule has 34 heavy (non-hydrogen) atoms. The van der Waals surface area contributed by atoms with Gasteiger partial charge in [0.1, 0.15) is 28.0 Å². The topological polar surface area (TPSA) is 78.1 Å². The molecular formula is C26H30N2O5S. The minimum Gasteiger partial charge on any atom is -0.497 e. The van der Waals surface area contributed by atoms with Crippen molar-refractivity contribution >= 4 is 27.9 Å². The molecule has 0 bridgehead atoms. The molecule has 1 aliphatic carbocycles. The van der Waals surface area contributed by atoms with Gasteiger partial charge in [-0.25, -0.2) is 0 Å². The van der Waals surface area contributed by atoms with Crippen LogP contribution in [0.3, 0.4) is 0 Å². The maximum Gasteiger partial charge on any atom is 0.259 e. The summed E-state index contributed by atoms with van der Waals surface area (Å²) in [6, 6.07) is 11.1. The van der Waals surface area contributed by atoms with Crippen LogP contribution in [0.1, 0.15) is 39.2 Å². The Morgan fingerprint density at radius 1 is 0.882 bits per heavy atom. The number of methoxy groups -OCH3 is 4. The van der Waals surface area contributed by atoms with E-state index in [4.69, 9.17) is 18.9 Å². The van der Waals surface area contributed by atoms with Crippen LogP contribution in [0.5, 0.6) is 23.0 Å². The summed E-state index contributed by atoms with van der Waals surface area (Å²) in [6.45, 7) is 0.506. The molecule has 0 aliphatic heterocycles. The molecule has 0 spiro atoms. The number of carbonyl (C=O) groups is 1. The summed E-state index contributed by atoms with van der Waals surface area (Å²) in [7, 11) is 6.46. The molecule has 8 heteroatoms. The van der Waals surface area contributed by atoms with E-state index in [1.54, 1.807) is 58.0 Å². The highest BCUT2D eigenvalue weighted by Crippen LogP contribution is 2.40. The normalized spacial score (nSPS) is 12.5. The fraction of sp³-hybridized carbons (Fsp3) is 0.346. The molecule has 1 aromatic heterocycles. The van der Waals surface area contributed by atoms with Crippen LogP contribution >= 0.6 is 11.3 Å². The van der Waals surface area contributed by atoms with Gasteiger partial charge < -0.3 is 29.6 Å². The lowest BCUT2D eigenvalue weighted by atomic mass is 9.95. The number of nitrogens with one attached hydrogen (secondary N) is 2. The summed E-state index contributed by atoms with van der Waals surface area (Å²) in [5.41, 5.74) is 3.40. The molecule has 1 amide bonds. The summed E-state index contributed by atoms with van der Waals surface area (Å²) in [4.78, 5) is 14.8. The van der Waals surface area contributed by atoms with Gasteiger partial charge in [0.2, 0.25) is 0 Å². The van der Waals surface area contributed by atoms with E-state index in [1.165, 1.54) is 4.88 Å². The Bertz CT molecular complexity index is 1170. The average Bonchev–Trinajstić information content (AvgIpc) is 3.25. The summed E-state index contributed by atoms with van der Waals surface area (Å²) < 4.78 is 21.6. The Labute approximate surface area is 204 Å². The van der Waals surface area contributed by atoms with Gasteiger partial charge in [-0.15, -0.1) is 11.3 Å². The number of rotatable bonds is 9. The summed E-state index contributed by atoms with van der Waals surface area (Å²) >= 11 is 1.66. The fourth-order valence-electron chi connectivity index (χ4n) is 4.21. The van der Waals surface area contributed by atoms with E-state index >= 15 is 0 Å². The molecule has 7 nitrogen and oxygen atoms in total. The van der Waals surface area contributed by atoms with E-state index in [1.807, 2.05) is 18.2 Å². The van der Waals surface area contributed by atoms with E-state index in [9.17, 15) is 4.79 Å². The first-order valence-electron chi connectivity index (χ1n) is 11.2. The number of anilines is 2. The molecule has 3 aromatic rings. The number of aryl methyl sites for hydroxylation is 1. The zero-order valence-corrected chi connectivity index (χ0v) is 20.8. The number of thiophene rings is 1. The number of amides is 1. The lowest BCUT2D eigenvalue weighted by Gasteiger charge is -2.16. The molecular weight excluding hydrogens is 452 g/mol. The van der Waals surface area contributed by atoms with Gasteiger partial charge in [0, 0.05) is 23.1 Å². The van der Waals surface area contributed by atoms with Crippen molar-refractivity contribution in [2.45, 2.75) is 32.2 Å². The SMILES string of the molecule is COc1ccc(OC)c(CNc2sc3c(c2C(=O)Nc2ccc(OC)cc2OC)CCCC3)c1. The Balaban J connectivity index is 1.63. The van der Waals surface area contributed by atoms with Gasteiger partial charge in [-0.05, 0) is 61.6 Å². The molecule has 180 valence electrons. The fourth-order valence-corrected chi connectivity index (χ4v) is 5.50. The lowest BCUT2D eigenvalue weighted by molar-refractivity contribution is 0.102. The highest BCUT2D eigenvalue weighted by atomic mass is 32.1. The van der Waals surface area contributed by atoms with Crippen molar-refractivity contribution in [3.63, 3.8) is 0 Å². The average molecular weight is 483 g/mol. The molecule has 0 saturated carbocycles. The van der Waals surface area contributed by atoms with E-state index in [2.05, 4.69) is 10.6 Å². The van der Waals surface area contributed by atoms with Gasteiger partial charge in [0.15, 0.2) is 0 Å². The summed E-state index contributed by atoms with van der Waals surface area (Å²) in [6.07, 6.45) is 4.12. The number of benzene rings is 2. The van der Waals surface area contributed by atoms with E-state index in [0.717, 1.165) is 53.3 Å². The van der Waals surface area contributed by atoms with Crippen molar-refractivity contribution in [2.75, 3.05) is 39.1 Å². The molecule has 0 saturated heterocycles. The maximum atomic E-state index is 13.5. The third kappa shape index (κ3) is 4.92. The first-order valence-corrected chi connectivity index (χ1v) is 12.0. The monoisotopic (exact) mass is 482 g/mol. The van der Waals surface area contributed by atoms with Crippen LogP contribution in [0, 0.1) is 0 Å². The molecule has 1 heterocycles. The quantitative estimate of drug-likeness (QED) is 0.418. The van der Waals surface area contributed by atoms with Crippen LogP contribution in [-0.2, 0) is 19.4 Å². The molecule has 0 atom stereocenters. The van der Waals surface area contributed by atoms with E-state index in [-0.39, 0.29) is 5.91 Å². The molecule has 2 N–H and O–H groups in total. The van der Waals surface area contributed by atoms with Crippen LogP contribution in [0.4, 0.5) is 10.7 Å². The third-order valence-corrected chi connectivity index (χ3v) is 7.23. The van der Waals surface area contributed by atoms with Crippen molar-refractivity contribution in [2.24, 2.45) is 0 Å². The lowest BCUT2D eigenvalue weighted by Crippen LogP contribution is -2.17. The van der Waals surface area contributed by atoms with Gasteiger partial charge in [-0.1, -0.05) is 0 Å². The minimum absolute atomic E-state index is 0.150. The smallest absolute Gasteiger partial charge is 0.259 e. The highest BCUT2D eigenvalue weighted by molar-refractivity contribution is 7.16. The van der Waals surface area contributed by atoms with Gasteiger partial charge in [-0.3, -0.25) is 4.79 Å². The number of carbonyl (C=O) groups excluding carboxylic acids is 1. The van der Waals surface area contributed by atoms with E-state index in [0.29, 0.717) is 29.3 Å². The Morgan fingerprint density at radius 3 is 2.32 bits per heavy atom. The molecule has 0 unspecified atom stereocenters. The predicted octanol–water partition coefficient (Wildman–Crippen LogP) is 5.53. The highest BCUT2D eigenvalue weighted by Gasteiger charge is 2.26. The first kappa shape index (κ1) is 23.8. The second-order valence-electron chi connectivity index (χ2n) is 7.97. The maximum absolute atomic E-state index is 13.5. The molecule has 1 aliphatic rings. The molecule has 2 aromatic carbocycles. The minimum atomic E-state index is -0.150. The zero-order chi connectivity index (χ0) is 24.1. The zero-order valence-electron chi connectivity index (χ0n) is 19.9. The molecule has 0 radical (unpaired) electrons. The van der Waals surface area contributed by atoms with Crippen molar-refractivity contribution in [1.82, 2.24) is 0 Å². The van der Waals surface area contributed by atoms with Gasteiger partial charge >= 0.3 is 0 Å². The standard InChI is InChI=1S/C26H30N2O5S/c1-30-17-10-12-21(32-3)16(13-17)15-27-26-24(19-7-5-6-8-23(19)34-26)25(29)28-20-11-9-18(31-2)14-22(20)33-4/h9-14,27H,5-8,15H2,1-4H3,(H,28,29). The predicted molar refractivity (Wildman–Crippen MR) is 135 cm³/mol. The Hall–Kier alpha value is -3.39. The van der Waals surface area contributed by atoms with Crippen molar-refractivity contribution in [3.8, 4) is 23.0 Å². The van der Waals surface area contributed by atoms with Gasteiger partial charge in [-0.2, -0.15) is 0 Å². The second-order valence-corrected chi connectivity index (χ2v) is 9.07. The Kier molecular flexibility index (Phi) is 7.47. The van der Waals surface area contributed by atoms with Crippen LogP contribution in [0.15, 0.2) is 36.4 Å². The van der Waals surface area contributed by atoms with Gasteiger partial charge in [0.05, 0.1) is 39.7 Å². The summed E-state index contributed by atoms with van der Waals surface area (Å²) in [5.74, 6) is 2.59.